The summed E-state index contributed by atoms with van der Waals surface area (Å²) in [5.74, 6) is 0. The zero-order valence-corrected chi connectivity index (χ0v) is 13.2. The van der Waals surface area contributed by atoms with Gasteiger partial charge in [-0.3, -0.25) is 0 Å². The van der Waals surface area contributed by atoms with Crippen molar-refractivity contribution in [3.8, 4) is 0 Å². The van der Waals surface area contributed by atoms with E-state index in [0.29, 0.717) is 5.71 Å². The van der Waals surface area contributed by atoms with Crippen molar-refractivity contribution in [2.24, 2.45) is 5.16 Å². The lowest BCUT2D eigenvalue weighted by molar-refractivity contribution is 0.304. The van der Waals surface area contributed by atoms with Crippen molar-refractivity contribution >= 4 is 5.71 Å². The number of benzene rings is 1. The maximum atomic E-state index is 9.04. The van der Waals surface area contributed by atoms with Crippen molar-refractivity contribution in [3.05, 3.63) is 35.4 Å². The maximum absolute atomic E-state index is 9.04. The van der Waals surface area contributed by atoms with Crippen molar-refractivity contribution in [3.63, 3.8) is 0 Å². The highest BCUT2D eigenvalue weighted by atomic mass is 16.4. The first kappa shape index (κ1) is 17.7. The van der Waals surface area contributed by atoms with Gasteiger partial charge in [-0.1, -0.05) is 81.3 Å². The molecule has 0 aliphatic heterocycles. The lowest BCUT2D eigenvalue weighted by Crippen LogP contribution is -2.06. The smallest absolute Gasteiger partial charge is 0.112 e. The van der Waals surface area contributed by atoms with Crippen LogP contribution in [0.2, 0.25) is 0 Å². The molecule has 0 unspecified atom stereocenters. The number of unbranched alkanes of at least 4 members (excludes halogenated alkanes) is 7. The quantitative estimate of drug-likeness (QED) is 0.272. The topological polar surface area (TPSA) is 52.8 Å². The van der Waals surface area contributed by atoms with Gasteiger partial charge < -0.3 is 10.3 Å². The first-order chi connectivity index (χ1) is 10.3. The van der Waals surface area contributed by atoms with Gasteiger partial charge in [-0.15, -0.1) is 0 Å². The first-order valence-corrected chi connectivity index (χ1v) is 8.23. The fourth-order valence-electron chi connectivity index (χ4n) is 2.51. The molecular weight excluding hydrogens is 262 g/mol. The predicted octanol–water partition coefficient (Wildman–Crippen LogP) is 4.54. The third-order valence-electron chi connectivity index (χ3n) is 3.88. The molecule has 0 saturated heterocycles. The number of aliphatic hydroxyl groups is 1. The van der Waals surface area contributed by atoms with Gasteiger partial charge in [0.05, 0.1) is 6.61 Å². The standard InChI is InChI=1S/C18H29NO2/c1-2-3-4-5-6-7-8-9-10-16-11-13-17(14-12-16)18(15-20)19-21/h11-14,20-21H,2-10,15H2,1H3. The highest BCUT2D eigenvalue weighted by Gasteiger charge is 2.02. The van der Waals surface area contributed by atoms with E-state index >= 15 is 0 Å². The number of nitrogens with zero attached hydrogens (tertiary/aromatic N) is 1. The van der Waals surface area contributed by atoms with Gasteiger partial charge in [0.15, 0.2) is 0 Å². The molecule has 2 N–H and O–H groups in total. The van der Waals surface area contributed by atoms with Crippen LogP contribution in [0, 0.1) is 0 Å². The number of aliphatic hydroxyl groups excluding tert-OH is 1. The van der Waals surface area contributed by atoms with Crippen molar-refractivity contribution in [2.75, 3.05) is 6.61 Å². The Bertz CT molecular complexity index is 398. The molecule has 3 nitrogen and oxygen atoms in total. The van der Waals surface area contributed by atoms with E-state index in [-0.39, 0.29) is 6.61 Å². The van der Waals surface area contributed by atoms with E-state index < -0.39 is 0 Å². The zero-order valence-electron chi connectivity index (χ0n) is 13.2. The van der Waals surface area contributed by atoms with Crippen LogP contribution in [0.25, 0.3) is 0 Å². The molecule has 0 aromatic heterocycles. The molecule has 0 spiro atoms. The van der Waals surface area contributed by atoms with Crippen LogP contribution in [0.3, 0.4) is 0 Å². The largest absolute Gasteiger partial charge is 0.411 e. The molecule has 0 saturated carbocycles. The number of hydrogen-bond acceptors (Lipinski definition) is 3. The minimum absolute atomic E-state index is 0.242. The third-order valence-corrected chi connectivity index (χ3v) is 3.88. The number of hydrogen-bond donors (Lipinski definition) is 2. The Morgan fingerprint density at radius 3 is 2.00 bits per heavy atom. The van der Waals surface area contributed by atoms with Crippen LogP contribution in [0.15, 0.2) is 29.4 Å². The minimum Gasteiger partial charge on any atom is -0.411 e. The molecule has 0 aliphatic carbocycles. The van der Waals surface area contributed by atoms with Gasteiger partial charge in [0.1, 0.15) is 5.71 Å². The second-order valence-electron chi connectivity index (χ2n) is 5.63. The van der Waals surface area contributed by atoms with E-state index in [1.54, 1.807) is 0 Å². The van der Waals surface area contributed by atoms with Crippen LogP contribution >= 0.6 is 0 Å². The summed E-state index contributed by atoms with van der Waals surface area (Å²) in [6, 6.07) is 7.92. The van der Waals surface area contributed by atoms with Gasteiger partial charge in [0.2, 0.25) is 0 Å². The molecule has 0 amide bonds. The summed E-state index contributed by atoms with van der Waals surface area (Å²) in [6.45, 7) is 2.01. The van der Waals surface area contributed by atoms with E-state index in [4.69, 9.17) is 10.3 Å². The zero-order chi connectivity index (χ0) is 15.3. The molecule has 21 heavy (non-hydrogen) atoms. The second-order valence-corrected chi connectivity index (χ2v) is 5.63. The average Bonchev–Trinajstić information content (AvgIpc) is 2.52. The average molecular weight is 291 g/mol. The molecule has 1 rings (SSSR count). The van der Waals surface area contributed by atoms with Gasteiger partial charge in [0, 0.05) is 5.56 Å². The molecule has 1 aromatic rings. The van der Waals surface area contributed by atoms with Crippen LogP contribution in [0.4, 0.5) is 0 Å². The fraction of sp³-hybridized carbons (Fsp3) is 0.611. The molecule has 3 heteroatoms. The van der Waals surface area contributed by atoms with Crippen LogP contribution in [-0.4, -0.2) is 22.6 Å². The van der Waals surface area contributed by atoms with Crippen LogP contribution < -0.4 is 0 Å². The minimum atomic E-state index is -0.242. The van der Waals surface area contributed by atoms with Gasteiger partial charge in [-0.2, -0.15) is 0 Å². The summed E-state index contributed by atoms with van der Waals surface area (Å²) < 4.78 is 0. The molecule has 0 atom stereocenters. The number of aryl methyl sites for hydroxylation is 1. The van der Waals surface area contributed by atoms with E-state index in [1.807, 2.05) is 12.1 Å². The highest BCUT2D eigenvalue weighted by Crippen LogP contribution is 2.12. The monoisotopic (exact) mass is 291 g/mol. The van der Waals surface area contributed by atoms with E-state index in [9.17, 15) is 0 Å². The molecule has 0 radical (unpaired) electrons. The Morgan fingerprint density at radius 2 is 1.48 bits per heavy atom. The van der Waals surface area contributed by atoms with Crippen molar-refractivity contribution < 1.29 is 10.3 Å². The Kier molecular flexibility index (Phi) is 9.55. The molecule has 0 heterocycles. The van der Waals surface area contributed by atoms with Crippen molar-refractivity contribution in [1.82, 2.24) is 0 Å². The van der Waals surface area contributed by atoms with Crippen molar-refractivity contribution in [1.29, 1.82) is 0 Å². The van der Waals surface area contributed by atoms with Gasteiger partial charge in [0.25, 0.3) is 0 Å². The lowest BCUT2D eigenvalue weighted by atomic mass is 10.0. The summed E-state index contributed by atoms with van der Waals surface area (Å²) in [7, 11) is 0. The fourth-order valence-corrected chi connectivity index (χ4v) is 2.51. The Morgan fingerprint density at radius 1 is 0.905 bits per heavy atom. The Hall–Kier alpha value is -1.35. The SMILES string of the molecule is CCCCCCCCCCc1ccc(C(CO)=NO)cc1. The van der Waals surface area contributed by atoms with Gasteiger partial charge in [-0.25, -0.2) is 0 Å². The van der Waals surface area contributed by atoms with Gasteiger partial charge >= 0.3 is 0 Å². The van der Waals surface area contributed by atoms with E-state index in [0.717, 1.165) is 12.0 Å². The number of rotatable bonds is 11. The maximum Gasteiger partial charge on any atom is 0.112 e. The summed E-state index contributed by atoms with van der Waals surface area (Å²) in [5, 5.41) is 20.9. The van der Waals surface area contributed by atoms with Crippen molar-refractivity contribution in [2.45, 2.75) is 64.7 Å². The second kappa shape index (κ2) is 11.3. The van der Waals surface area contributed by atoms with E-state index in [1.165, 1.54) is 56.9 Å². The first-order valence-electron chi connectivity index (χ1n) is 8.23. The Labute approximate surface area is 128 Å². The molecule has 118 valence electrons. The predicted molar refractivity (Wildman–Crippen MR) is 88.2 cm³/mol. The molecule has 0 fully saturated rings. The van der Waals surface area contributed by atoms with E-state index in [2.05, 4.69) is 24.2 Å². The van der Waals surface area contributed by atoms with Crippen LogP contribution in [0.1, 0.15) is 69.4 Å². The number of oxime groups is 1. The summed E-state index contributed by atoms with van der Waals surface area (Å²) in [6.07, 6.45) is 11.8. The molecular formula is C18H29NO2. The summed E-state index contributed by atoms with van der Waals surface area (Å²) >= 11 is 0. The summed E-state index contributed by atoms with van der Waals surface area (Å²) in [4.78, 5) is 0. The van der Waals surface area contributed by atoms with Crippen LogP contribution in [0.5, 0.6) is 0 Å². The van der Waals surface area contributed by atoms with Crippen LogP contribution in [-0.2, 0) is 6.42 Å². The normalized spacial score (nSPS) is 11.8. The molecule has 0 aliphatic rings. The Balaban J connectivity index is 2.18. The molecule has 1 aromatic carbocycles. The summed E-state index contributed by atoms with van der Waals surface area (Å²) in [5.41, 5.74) is 2.40. The molecule has 0 bridgehead atoms. The lowest BCUT2D eigenvalue weighted by Gasteiger charge is -2.05. The van der Waals surface area contributed by atoms with Gasteiger partial charge in [-0.05, 0) is 18.4 Å². The third kappa shape index (κ3) is 7.28. The highest BCUT2D eigenvalue weighted by molar-refractivity contribution is 6.01.